The van der Waals surface area contributed by atoms with Crippen LogP contribution < -0.4 is 10.6 Å². The summed E-state index contributed by atoms with van der Waals surface area (Å²) >= 11 is 23.9. The lowest BCUT2D eigenvalue weighted by molar-refractivity contribution is 0.481. The topological polar surface area (TPSA) is 171 Å². The van der Waals surface area contributed by atoms with Gasteiger partial charge in [-0.15, -0.1) is 0 Å². The number of halogens is 4. The summed E-state index contributed by atoms with van der Waals surface area (Å²) in [6, 6.07) is 4.54. The fraction of sp³-hybridized carbons (Fsp3) is 0. The van der Waals surface area contributed by atoms with Gasteiger partial charge in [-0.25, -0.2) is 9.97 Å². The highest BCUT2D eigenvalue weighted by molar-refractivity contribution is 7.86. The van der Waals surface area contributed by atoms with Gasteiger partial charge in [0.25, 0.3) is 20.2 Å². The maximum atomic E-state index is 11.3. The van der Waals surface area contributed by atoms with E-state index in [0.29, 0.717) is 0 Å². The Balaban J connectivity index is 1.89. The maximum absolute atomic E-state index is 11.3. The lowest BCUT2D eigenvalue weighted by Gasteiger charge is -2.12. The fourth-order valence-corrected chi connectivity index (χ4v) is 4.90. The van der Waals surface area contributed by atoms with E-state index < -0.39 is 40.1 Å². The molecule has 0 spiro atoms. The Kier molecular flexibility index (Phi) is 7.02. The molecule has 3 aromatic rings. The van der Waals surface area contributed by atoms with E-state index in [4.69, 9.17) is 55.5 Å². The van der Waals surface area contributed by atoms with E-state index in [1.807, 2.05) is 0 Å². The number of benzene rings is 2. The number of hydrogen-bond donors (Lipinski definition) is 4. The predicted octanol–water partition coefficient (Wildman–Crippen LogP) is 4.47. The first-order chi connectivity index (χ1) is 14.8. The average molecular weight is 561 g/mol. The molecule has 1 heterocycles. The van der Waals surface area contributed by atoms with Gasteiger partial charge < -0.3 is 10.6 Å². The monoisotopic (exact) mass is 559 g/mol. The molecule has 0 saturated heterocycles. The van der Waals surface area contributed by atoms with E-state index in [0.717, 1.165) is 18.5 Å². The molecule has 0 aliphatic rings. The Bertz CT molecular complexity index is 1330. The second-order valence-corrected chi connectivity index (χ2v) is 10.1. The van der Waals surface area contributed by atoms with E-state index in [-0.39, 0.29) is 33.3 Å². The highest BCUT2D eigenvalue weighted by atomic mass is 35.5. The van der Waals surface area contributed by atoms with E-state index >= 15 is 0 Å². The average Bonchev–Trinajstić information content (AvgIpc) is 2.67. The van der Waals surface area contributed by atoms with Crippen molar-refractivity contribution >= 4 is 89.9 Å². The van der Waals surface area contributed by atoms with Crippen LogP contribution in [-0.4, -0.2) is 40.9 Å². The lowest BCUT2D eigenvalue weighted by Crippen LogP contribution is -2.05. The van der Waals surface area contributed by atoms with Crippen molar-refractivity contribution in [1.82, 2.24) is 15.0 Å². The number of nitrogens with one attached hydrogen (secondary N) is 2. The molecule has 0 aliphatic heterocycles. The number of anilines is 4. The Hall–Kier alpha value is -1.97. The molecule has 11 nitrogen and oxygen atoms in total. The van der Waals surface area contributed by atoms with Crippen molar-refractivity contribution in [2.24, 2.45) is 0 Å². The van der Waals surface area contributed by atoms with Crippen LogP contribution in [0, 0.1) is 0 Å². The van der Waals surface area contributed by atoms with Crippen molar-refractivity contribution < 1.29 is 25.9 Å². The Labute approximate surface area is 201 Å². The molecule has 0 aliphatic carbocycles. The molecule has 3 rings (SSSR count). The molecule has 0 fully saturated rings. The van der Waals surface area contributed by atoms with E-state index in [1.54, 1.807) is 0 Å². The van der Waals surface area contributed by atoms with Gasteiger partial charge in [0.05, 0.1) is 31.5 Å². The molecule has 4 N–H and O–H groups in total. The van der Waals surface area contributed by atoms with Crippen LogP contribution in [0.5, 0.6) is 0 Å². The summed E-state index contributed by atoms with van der Waals surface area (Å²) < 4.78 is 63.5. The van der Waals surface area contributed by atoms with Crippen LogP contribution in [0.4, 0.5) is 23.3 Å². The zero-order chi connectivity index (χ0) is 23.8. The molecule has 17 heteroatoms. The zero-order valence-corrected chi connectivity index (χ0v) is 19.7. The van der Waals surface area contributed by atoms with E-state index in [9.17, 15) is 16.8 Å². The van der Waals surface area contributed by atoms with Crippen molar-refractivity contribution in [1.29, 1.82) is 0 Å². The summed E-state index contributed by atoms with van der Waals surface area (Å²) in [7, 11) is -9.16. The highest BCUT2D eigenvalue weighted by Gasteiger charge is 2.21. The SMILES string of the molecule is O=S(=O)(O)c1ccc(Nc2ncnc(Nc3ccc(S(=O)(=O)O)c(Cl)c3Cl)n2)c(Cl)c1Cl. The van der Waals surface area contributed by atoms with Crippen molar-refractivity contribution in [3.63, 3.8) is 0 Å². The third-order valence-corrected chi connectivity index (χ3v) is 7.49. The summed E-state index contributed by atoms with van der Waals surface area (Å²) in [5.41, 5.74) is 0.250. The van der Waals surface area contributed by atoms with Gasteiger partial charge >= 0.3 is 0 Å². The molecule has 0 bridgehead atoms. The minimum Gasteiger partial charge on any atom is -0.323 e. The maximum Gasteiger partial charge on any atom is 0.296 e. The number of rotatable bonds is 6. The second-order valence-electron chi connectivity index (χ2n) is 5.81. The standard InChI is InChI=1S/C15H9Cl4N5O6S2/c16-10-6(1-3-8(12(10)18)31(25,26)27)22-14-20-5-21-15(24-14)23-7-2-4-9(32(28,29)30)13(19)11(7)17/h1-5H,(H,25,26,27)(H,28,29,30)(H2,20,21,22,23,24). The summed E-state index contributed by atoms with van der Waals surface area (Å²) in [5.74, 6) is -0.0892. The van der Waals surface area contributed by atoms with Crippen molar-refractivity contribution in [2.45, 2.75) is 9.79 Å². The van der Waals surface area contributed by atoms with Crippen LogP contribution in [0.25, 0.3) is 0 Å². The molecule has 0 atom stereocenters. The third-order valence-electron chi connectivity index (χ3n) is 3.71. The molecule has 0 amide bonds. The van der Waals surface area contributed by atoms with Gasteiger partial charge in [-0.3, -0.25) is 9.11 Å². The number of hydrogen-bond acceptors (Lipinski definition) is 9. The highest BCUT2D eigenvalue weighted by Crippen LogP contribution is 2.37. The quantitative estimate of drug-likeness (QED) is 0.313. The van der Waals surface area contributed by atoms with Crippen LogP contribution in [0.2, 0.25) is 20.1 Å². The van der Waals surface area contributed by atoms with Crippen LogP contribution >= 0.6 is 46.4 Å². The lowest BCUT2D eigenvalue weighted by atomic mass is 10.3. The summed E-state index contributed by atoms with van der Waals surface area (Å²) in [6.07, 6.45) is 1.11. The van der Waals surface area contributed by atoms with Crippen LogP contribution in [-0.2, 0) is 20.2 Å². The van der Waals surface area contributed by atoms with Crippen LogP contribution in [0.15, 0.2) is 40.4 Å². The van der Waals surface area contributed by atoms with E-state index in [2.05, 4.69) is 25.6 Å². The first-order valence-corrected chi connectivity index (χ1v) is 12.3. The first kappa shape index (κ1) is 24.7. The molecule has 2 aromatic carbocycles. The molecule has 0 saturated carbocycles. The molecule has 32 heavy (non-hydrogen) atoms. The number of nitrogens with zero attached hydrogens (tertiary/aromatic N) is 3. The fourth-order valence-electron chi connectivity index (χ4n) is 2.31. The van der Waals surface area contributed by atoms with Crippen molar-refractivity contribution in [3.8, 4) is 0 Å². The van der Waals surface area contributed by atoms with Crippen molar-refractivity contribution in [3.05, 3.63) is 50.7 Å². The Morgan fingerprint density at radius 1 is 0.656 bits per heavy atom. The smallest absolute Gasteiger partial charge is 0.296 e. The normalized spacial score (nSPS) is 11.9. The van der Waals surface area contributed by atoms with E-state index in [1.165, 1.54) is 12.1 Å². The van der Waals surface area contributed by atoms with Gasteiger partial charge in [-0.05, 0) is 24.3 Å². The second kappa shape index (κ2) is 9.11. The first-order valence-electron chi connectivity index (χ1n) is 7.93. The molecular weight excluding hydrogens is 552 g/mol. The van der Waals surface area contributed by atoms with Crippen molar-refractivity contribution in [2.75, 3.05) is 10.6 Å². The van der Waals surface area contributed by atoms with Crippen LogP contribution in [0.1, 0.15) is 0 Å². The third kappa shape index (κ3) is 5.32. The van der Waals surface area contributed by atoms with Crippen LogP contribution in [0.3, 0.4) is 0 Å². The summed E-state index contributed by atoms with van der Waals surface area (Å²) in [4.78, 5) is 10.7. The van der Waals surface area contributed by atoms with Gasteiger partial charge in [0, 0.05) is 0 Å². The molecule has 170 valence electrons. The minimum atomic E-state index is -4.58. The van der Waals surface area contributed by atoms with Gasteiger partial charge in [0.2, 0.25) is 11.9 Å². The zero-order valence-electron chi connectivity index (χ0n) is 15.1. The Morgan fingerprint density at radius 2 is 1.03 bits per heavy atom. The Morgan fingerprint density at radius 3 is 1.38 bits per heavy atom. The van der Waals surface area contributed by atoms with Gasteiger partial charge in [0.15, 0.2) is 0 Å². The molecule has 0 radical (unpaired) electrons. The summed E-state index contributed by atoms with van der Waals surface area (Å²) in [6.45, 7) is 0. The molecule has 0 unspecified atom stereocenters. The minimum absolute atomic E-state index is 0.0446. The summed E-state index contributed by atoms with van der Waals surface area (Å²) in [5, 5.41) is 4.16. The largest absolute Gasteiger partial charge is 0.323 e. The van der Waals surface area contributed by atoms with Gasteiger partial charge in [-0.1, -0.05) is 46.4 Å². The predicted molar refractivity (Wildman–Crippen MR) is 119 cm³/mol. The molecule has 1 aromatic heterocycles. The molecular formula is C15H9Cl4N5O6S2. The van der Waals surface area contributed by atoms with Gasteiger partial charge in [-0.2, -0.15) is 21.8 Å². The number of aromatic nitrogens is 3. The van der Waals surface area contributed by atoms with Gasteiger partial charge in [0.1, 0.15) is 16.1 Å².